The lowest BCUT2D eigenvalue weighted by Crippen LogP contribution is -2.41. The quantitative estimate of drug-likeness (QED) is 0.779. The van der Waals surface area contributed by atoms with E-state index < -0.39 is 0 Å². The molecule has 0 radical (unpaired) electrons. The largest absolute Gasteiger partial charge is 0.478 e. The Labute approximate surface area is 109 Å². The molecule has 1 aromatic rings. The standard InChI is InChI=1S/C13H23N3O2/c1-5-13(6-2,9-17)16-12-14-10(4)8-11(15-12)18-7-3/h8,17H,5-7,9H2,1-4H3,(H,14,15,16). The summed E-state index contributed by atoms with van der Waals surface area (Å²) >= 11 is 0. The van der Waals surface area contributed by atoms with E-state index in [2.05, 4.69) is 15.3 Å². The molecule has 0 saturated heterocycles. The number of hydrogen-bond donors (Lipinski definition) is 2. The van der Waals surface area contributed by atoms with E-state index in [9.17, 15) is 5.11 Å². The summed E-state index contributed by atoms with van der Waals surface area (Å²) in [4.78, 5) is 8.63. The van der Waals surface area contributed by atoms with Gasteiger partial charge in [0.25, 0.3) is 0 Å². The predicted molar refractivity (Wildman–Crippen MR) is 72.0 cm³/mol. The first-order valence-corrected chi connectivity index (χ1v) is 6.46. The zero-order valence-corrected chi connectivity index (χ0v) is 11.7. The van der Waals surface area contributed by atoms with Gasteiger partial charge in [0.15, 0.2) is 0 Å². The summed E-state index contributed by atoms with van der Waals surface area (Å²) in [6, 6.07) is 1.80. The van der Waals surface area contributed by atoms with Crippen LogP contribution in [-0.2, 0) is 0 Å². The van der Waals surface area contributed by atoms with Gasteiger partial charge in [-0.2, -0.15) is 4.98 Å². The van der Waals surface area contributed by atoms with Crippen molar-refractivity contribution in [1.82, 2.24) is 9.97 Å². The molecule has 0 spiro atoms. The predicted octanol–water partition coefficient (Wildman–Crippen LogP) is 2.15. The minimum Gasteiger partial charge on any atom is -0.478 e. The summed E-state index contributed by atoms with van der Waals surface area (Å²) in [5, 5.41) is 12.8. The minimum atomic E-state index is -0.364. The third kappa shape index (κ3) is 3.57. The normalized spacial score (nSPS) is 11.4. The van der Waals surface area contributed by atoms with Gasteiger partial charge in [0.1, 0.15) is 0 Å². The number of aromatic nitrogens is 2. The van der Waals surface area contributed by atoms with E-state index in [1.807, 2.05) is 27.7 Å². The summed E-state index contributed by atoms with van der Waals surface area (Å²) in [6.07, 6.45) is 1.61. The van der Waals surface area contributed by atoms with Crippen LogP contribution in [0.5, 0.6) is 5.88 Å². The van der Waals surface area contributed by atoms with Crippen LogP contribution in [0.25, 0.3) is 0 Å². The highest BCUT2D eigenvalue weighted by molar-refractivity contribution is 5.34. The van der Waals surface area contributed by atoms with Crippen LogP contribution in [0.1, 0.15) is 39.3 Å². The summed E-state index contributed by atoms with van der Waals surface area (Å²) in [5.74, 6) is 1.07. The van der Waals surface area contributed by atoms with Crippen molar-refractivity contribution in [2.75, 3.05) is 18.5 Å². The topological polar surface area (TPSA) is 67.3 Å². The maximum absolute atomic E-state index is 9.53. The third-order valence-electron chi connectivity index (χ3n) is 3.16. The molecule has 0 fully saturated rings. The molecule has 18 heavy (non-hydrogen) atoms. The number of anilines is 1. The van der Waals surface area contributed by atoms with Crippen LogP contribution in [0.4, 0.5) is 5.95 Å². The van der Waals surface area contributed by atoms with E-state index in [4.69, 9.17) is 4.74 Å². The molecule has 5 nitrogen and oxygen atoms in total. The molecule has 0 bridgehead atoms. The van der Waals surface area contributed by atoms with Crippen LogP contribution in [0.2, 0.25) is 0 Å². The lowest BCUT2D eigenvalue weighted by molar-refractivity contribution is 0.201. The van der Waals surface area contributed by atoms with Gasteiger partial charge in [0.05, 0.1) is 18.8 Å². The molecule has 0 saturated carbocycles. The number of nitrogens with zero attached hydrogens (tertiary/aromatic N) is 2. The van der Waals surface area contributed by atoms with E-state index in [1.54, 1.807) is 6.07 Å². The van der Waals surface area contributed by atoms with Crippen LogP contribution in [-0.4, -0.2) is 33.8 Å². The molecular weight excluding hydrogens is 230 g/mol. The molecule has 1 aromatic heterocycles. The van der Waals surface area contributed by atoms with Crippen LogP contribution in [0, 0.1) is 6.92 Å². The second-order valence-electron chi connectivity index (χ2n) is 4.37. The van der Waals surface area contributed by atoms with Crippen molar-refractivity contribution in [3.05, 3.63) is 11.8 Å². The molecule has 0 aromatic carbocycles. The van der Waals surface area contributed by atoms with Crippen molar-refractivity contribution in [1.29, 1.82) is 0 Å². The lowest BCUT2D eigenvalue weighted by Gasteiger charge is -2.30. The second kappa shape index (κ2) is 6.54. The van der Waals surface area contributed by atoms with Crippen LogP contribution in [0.3, 0.4) is 0 Å². The molecule has 2 N–H and O–H groups in total. The number of nitrogens with one attached hydrogen (secondary N) is 1. The van der Waals surface area contributed by atoms with Crippen molar-refractivity contribution in [2.45, 2.75) is 46.1 Å². The van der Waals surface area contributed by atoms with E-state index in [0.717, 1.165) is 18.5 Å². The zero-order valence-electron chi connectivity index (χ0n) is 11.7. The van der Waals surface area contributed by atoms with Gasteiger partial charge in [-0.15, -0.1) is 0 Å². The van der Waals surface area contributed by atoms with Crippen molar-refractivity contribution in [3.8, 4) is 5.88 Å². The smallest absolute Gasteiger partial charge is 0.226 e. The summed E-state index contributed by atoms with van der Waals surface area (Å²) in [6.45, 7) is 8.51. The molecule has 0 unspecified atom stereocenters. The van der Waals surface area contributed by atoms with Crippen molar-refractivity contribution in [3.63, 3.8) is 0 Å². The zero-order chi connectivity index (χ0) is 13.6. The monoisotopic (exact) mass is 253 g/mol. The Balaban J connectivity index is 2.95. The Morgan fingerprint density at radius 2 is 1.94 bits per heavy atom. The van der Waals surface area contributed by atoms with Gasteiger partial charge in [-0.3, -0.25) is 0 Å². The molecule has 5 heteroatoms. The van der Waals surface area contributed by atoms with E-state index >= 15 is 0 Å². The summed E-state index contributed by atoms with van der Waals surface area (Å²) in [7, 11) is 0. The van der Waals surface area contributed by atoms with Crippen LogP contribution in [0.15, 0.2) is 6.07 Å². The summed E-state index contributed by atoms with van der Waals surface area (Å²) < 4.78 is 5.39. The van der Waals surface area contributed by atoms with Crippen LogP contribution < -0.4 is 10.1 Å². The maximum atomic E-state index is 9.53. The third-order valence-corrected chi connectivity index (χ3v) is 3.16. The maximum Gasteiger partial charge on any atom is 0.226 e. The van der Waals surface area contributed by atoms with Gasteiger partial charge in [-0.1, -0.05) is 13.8 Å². The molecule has 0 atom stereocenters. The van der Waals surface area contributed by atoms with Gasteiger partial charge in [-0.05, 0) is 26.7 Å². The van der Waals surface area contributed by atoms with Crippen molar-refractivity contribution < 1.29 is 9.84 Å². The Morgan fingerprint density at radius 3 is 2.44 bits per heavy atom. The van der Waals surface area contributed by atoms with E-state index in [1.165, 1.54) is 0 Å². The van der Waals surface area contributed by atoms with Gasteiger partial charge in [-0.25, -0.2) is 4.98 Å². The highest BCUT2D eigenvalue weighted by atomic mass is 16.5. The first-order chi connectivity index (χ1) is 8.59. The fraction of sp³-hybridized carbons (Fsp3) is 0.692. The number of rotatable bonds is 7. The molecule has 1 heterocycles. The molecule has 102 valence electrons. The second-order valence-corrected chi connectivity index (χ2v) is 4.37. The molecule has 0 amide bonds. The molecule has 1 rings (SSSR count). The fourth-order valence-electron chi connectivity index (χ4n) is 1.74. The van der Waals surface area contributed by atoms with E-state index in [-0.39, 0.29) is 12.1 Å². The van der Waals surface area contributed by atoms with Gasteiger partial charge < -0.3 is 15.2 Å². The van der Waals surface area contributed by atoms with Crippen molar-refractivity contribution in [2.24, 2.45) is 0 Å². The lowest BCUT2D eigenvalue weighted by atomic mass is 9.94. The first kappa shape index (κ1) is 14.7. The fourth-order valence-corrected chi connectivity index (χ4v) is 1.74. The van der Waals surface area contributed by atoms with Gasteiger partial charge >= 0.3 is 0 Å². The summed E-state index contributed by atoms with van der Waals surface area (Å²) in [5.41, 5.74) is 0.479. The number of aryl methyl sites for hydroxylation is 1. The SMILES string of the molecule is CCOc1cc(C)nc(NC(CC)(CC)CO)n1. The number of hydrogen-bond acceptors (Lipinski definition) is 5. The minimum absolute atomic E-state index is 0.0568. The highest BCUT2D eigenvalue weighted by Gasteiger charge is 2.26. The number of ether oxygens (including phenoxy) is 1. The van der Waals surface area contributed by atoms with Gasteiger partial charge in [0, 0.05) is 11.8 Å². The van der Waals surface area contributed by atoms with Crippen molar-refractivity contribution >= 4 is 5.95 Å². The molecule has 0 aliphatic heterocycles. The molecule has 0 aliphatic carbocycles. The highest BCUT2D eigenvalue weighted by Crippen LogP contribution is 2.21. The Hall–Kier alpha value is -1.36. The van der Waals surface area contributed by atoms with Gasteiger partial charge in [0.2, 0.25) is 11.8 Å². The molecular formula is C13H23N3O2. The average Bonchev–Trinajstić information content (AvgIpc) is 2.36. The average molecular weight is 253 g/mol. The number of aliphatic hydroxyl groups excluding tert-OH is 1. The Kier molecular flexibility index (Phi) is 5.34. The Morgan fingerprint density at radius 1 is 1.28 bits per heavy atom. The number of aliphatic hydroxyl groups is 1. The van der Waals surface area contributed by atoms with Crippen LogP contribution >= 0.6 is 0 Å². The molecule has 0 aliphatic rings. The first-order valence-electron chi connectivity index (χ1n) is 6.46. The van der Waals surface area contributed by atoms with E-state index in [0.29, 0.717) is 18.4 Å². The Bertz CT molecular complexity index is 370.